The molecule has 234 valence electrons. The van der Waals surface area contributed by atoms with Crippen LogP contribution in [0.4, 0.5) is 0 Å². The quantitative estimate of drug-likeness (QED) is 0.256. The van der Waals surface area contributed by atoms with Crippen LogP contribution in [-0.4, -0.2) is 56.1 Å². The maximum Gasteiger partial charge on any atom is 0.439 e. The van der Waals surface area contributed by atoms with Crippen molar-refractivity contribution < 1.29 is 9.26 Å². The average Bonchev–Trinajstić information content (AvgIpc) is 3.52. The van der Waals surface area contributed by atoms with Crippen molar-refractivity contribution in [3.8, 4) is 22.6 Å². The number of rotatable bonds is 10. The van der Waals surface area contributed by atoms with Crippen LogP contribution in [0.2, 0.25) is 0 Å². The number of ether oxygens (including phenoxy) is 1. The van der Waals surface area contributed by atoms with Crippen molar-refractivity contribution in [3.63, 3.8) is 0 Å². The molecule has 1 saturated carbocycles. The minimum absolute atomic E-state index is 0.105. The van der Waals surface area contributed by atoms with Crippen molar-refractivity contribution in [3.05, 3.63) is 86.1 Å². The maximum absolute atomic E-state index is 14.5. The molecule has 0 spiro atoms. The number of hydrogen-bond donors (Lipinski definition) is 1. The summed E-state index contributed by atoms with van der Waals surface area (Å²) in [6.07, 6.45) is 11.9. The number of aliphatic imine (C=N–C) groups is 2. The fourth-order valence-corrected chi connectivity index (χ4v) is 6.17. The monoisotopic (exact) mass is 609 g/mol. The molecule has 45 heavy (non-hydrogen) atoms. The van der Waals surface area contributed by atoms with E-state index in [0.717, 1.165) is 67.6 Å². The standard InChI is InChI=1S/C34H39N7O4/c1-3-5-15-29-27(18-22-16-17-28(35-19-22)25-13-9-10-14-26(25)30-39-34(43)45-40-30)32(42)41(31(38-29)23-11-7-6-8-12-23)33-36-20-24(21-37-33)44-4-2/h9-10,13-14,16-17,19-20,23-24H,3-8,11-12,15,18,21H2,1-2H3,(H,39,40,43). The van der Waals surface area contributed by atoms with Gasteiger partial charge in [0.25, 0.3) is 5.56 Å². The lowest BCUT2D eigenvalue weighted by molar-refractivity contribution is 0.118. The fourth-order valence-electron chi connectivity index (χ4n) is 6.17. The first kappa shape index (κ1) is 30.5. The summed E-state index contributed by atoms with van der Waals surface area (Å²) in [4.78, 5) is 48.0. The Bertz CT molecular complexity index is 1800. The highest BCUT2D eigenvalue weighted by molar-refractivity contribution is 5.92. The molecule has 1 aromatic carbocycles. The summed E-state index contributed by atoms with van der Waals surface area (Å²) in [6, 6.07) is 11.4. The topological polar surface area (TPSA) is 141 Å². The van der Waals surface area contributed by atoms with Crippen molar-refractivity contribution in [1.29, 1.82) is 0 Å². The second kappa shape index (κ2) is 14.1. The summed E-state index contributed by atoms with van der Waals surface area (Å²) in [5, 5.41) is 3.85. The number of unbranched alkanes of at least 4 members (excludes halogenated alkanes) is 1. The summed E-state index contributed by atoms with van der Waals surface area (Å²) in [6.45, 7) is 5.09. The van der Waals surface area contributed by atoms with Gasteiger partial charge in [0, 0.05) is 48.0 Å². The van der Waals surface area contributed by atoms with E-state index >= 15 is 0 Å². The molecule has 11 heteroatoms. The molecule has 4 aromatic rings. The smallest absolute Gasteiger partial charge is 0.371 e. The summed E-state index contributed by atoms with van der Waals surface area (Å²) < 4.78 is 12.1. The van der Waals surface area contributed by atoms with Gasteiger partial charge in [-0.15, -0.1) is 0 Å². The predicted molar refractivity (Wildman–Crippen MR) is 173 cm³/mol. The van der Waals surface area contributed by atoms with E-state index in [-0.39, 0.29) is 17.6 Å². The lowest BCUT2D eigenvalue weighted by Crippen LogP contribution is -2.38. The zero-order valence-corrected chi connectivity index (χ0v) is 25.9. The summed E-state index contributed by atoms with van der Waals surface area (Å²) >= 11 is 0. The average molecular weight is 610 g/mol. The molecule has 6 rings (SSSR count). The minimum atomic E-state index is -0.616. The summed E-state index contributed by atoms with van der Waals surface area (Å²) in [7, 11) is 0. The van der Waals surface area contributed by atoms with Crippen molar-refractivity contribution in [1.82, 2.24) is 24.7 Å². The molecule has 1 aliphatic carbocycles. The van der Waals surface area contributed by atoms with Crippen LogP contribution in [-0.2, 0) is 17.6 Å². The molecule has 0 amide bonds. The van der Waals surface area contributed by atoms with Gasteiger partial charge in [0.15, 0.2) is 5.82 Å². The Morgan fingerprint density at radius 3 is 2.53 bits per heavy atom. The zero-order chi connectivity index (χ0) is 31.2. The van der Waals surface area contributed by atoms with Crippen molar-refractivity contribution in [2.45, 2.75) is 83.7 Å². The first-order chi connectivity index (χ1) is 22.1. The molecular formula is C34H39N7O4. The molecule has 0 radical (unpaired) electrons. The van der Waals surface area contributed by atoms with Gasteiger partial charge in [0.05, 0.1) is 17.9 Å². The van der Waals surface area contributed by atoms with Crippen LogP contribution in [0, 0.1) is 0 Å². The molecule has 11 nitrogen and oxygen atoms in total. The number of H-pyrrole nitrogens is 1. The number of hydrogen-bond acceptors (Lipinski definition) is 9. The molecule has 1 aliphatic heterocycles. The van der Waals surface area contributed by atoms with E-state index < -0.39 is 5.76 Å². The SMILES string of the molecule is CCCCc1nc(C2CCCCC2)n(C2=NCC(OCC)C=N2)c(=O)c1Cc1ccc(-c2ccccc2-c2noc(=O)[nH]2)nc1. The third-order valence-corrected chi connectivity index (χ3v) is 8.48. The van der Waals surface area contributed by atoms with Gasteiger partial charge in [-0.2, -0.15) is 0 Å². The number of nitrogens with one attached hydrogen (secondary N) is 1. The number of aromatic nitrogens is 5. The van der Waals surface area contributed by atoms with E-state index in [1.807, 2.05) is 43.3 Å². The van der Waals surface area contributed by atoms with Crippen LogP contribution >= 0.6 is 0 Å². The van der Waals surface area contributed by atoms with Gasteiger partial charge < -0.3 is 4.74 Å². The molecule has 1 N–H and O–H groups in total. The molecule has 1 atom stereocenters. The first-order valence-corrected chi connectivity index (χ1v) is 16.0. The Labute approximate surface area is 261 Å². The normalized spacial score (nSPS) is 17.0. The van der Waals surface area contributed by atoms with Crippen molar-refractivity contribution in [2.75, 3.05) is 13.2 Å². The van der Waals surface area contributed by atoms with E-state index in [1.165, 1.54) is 6.42 Å². The molecule has 2 aliphatic rings. The van der Waals surface area contributed by atoms with Crippen LogP contribution in [0.1, 0.15) is 87.4 Å². The van der Waals surface area contributed by atoms with Crippen LogP contribution < -0.4 is 11.3 Å². The Kier molecular flexibility index (Phi) is 9.54. The van der Waals surface area contributed by atoms with Gasteiger partial charge in [-0.25, -0.2) is 24.3 Å². The zero-order valence-electron chi connectivity index (χ0n) is 25.9. The van der Waals surface area contributed by atoms with E-state index in [1.54, 1.807) is 17.0 Å². The highest BCUT2D eigenvalue weighted by atomic mass is 16.5. The van der Waals surface area contributed by atoms with Gasteiger partial charge in [0.1, 0.15) is 11.9 Å². The third kappa shape index (κ3) is 6.78. The highest BCUT2D eigenvalue weighted by Gasteiger charge is 2.27. The Balaban J connectivity index is 1.38. The maximum atomic E-state index is 14.5. The molecule has 3 aromatic heterocycles. The van der Waals surface area contributed by atoms with Gasteiger partial charge in [0.2, 0.25) is 5.96 Å². The Morgan fingerprint density at radius 1 is 1.04 bits per heavy atom. The second-order valence-electron chi connectivity index (χ2n) is 11.6. The first-order valence-electron chi connectivity index (χ1n) is 16.0. The van der Waals surface area contributed by atoms with Crippen molar-refractivity contribution >= 4 is 12.2 Å². The Morgan fingerprint density at radius 2 is 1.87 bits per heavy atom. The molecule has 1 fully saturated rings. The summed E-state index contributed by atoms with van der Waals surface area (Å²) in [5.41, 5.74) is 4.52. The van der Waals surface area contributed by atoms with Gasteiger partial charge in [-0.1, -0.05) is 68.1 Å². The number of nitrogens with zero attached hydrogens (tertiary/aromatic N) is 6. The van der Waals surface area contributed by atoms with E-state index in [0.29, 0.717) is 48.2 Å². The van der Waals surface area contributed by atoms with Crippen LogP contribution in [0.15, 0.2) is 66.7 Å². The molecule has 0 saturated heterocycles. The third-order valence-electron chi connectivity index (χ3n) is 8.48. The summed E-state index contributed by atoms with van der Waals surface area (Å²) in [5.74, 6) is 1.10. The Hall–Kier alpha value is -4.51. The van der Waals surface area contributed by atoms with E-state index in [9.17, 15) is 9.59 Å². The predicted octanol–water partition coefficient (Wildman–Crippen LogP) is 5.32. The second-order valence-corrected chi connectivity index (χ2v) is 11.6. The highest BCUT2D eigenvalue weighted by Crippen LogP contribution is 2.32. The van der Waals surface area contributed by atoms with Crippen LogP contribution in [0.5, 0.6) is 0 Å². The molecule has 0 bridgehead atoms. The lowest BCUT2D eigenvalue weighted by Gasteiger charge is -2.26. The molecule has 1 unspecified atom stereocenters. The largest absolute Gasteiger partial charge is 0.439 e. The minimum Gasteiger partial charge on any atom is -0.371 e. The van der Waals surface area contributed by atoms with Gasteiger partial charge >= 0.3 is 5.76 Å². The van der Waals surface area contributed by atoms with Gasteiger partial charge in [-0.05, 0) is 44.2 Å². The number of aryl methyl sites for hydroxylation is 1. The van der Waals surface area contributed by atoms with Crippen LogP contribution in [0.25, 0.3) is 22.6 Å². The van der Waals surface area contributed by atoms with Crippen molar-refractivity contribution in [2.24, 2.45) is 9.98 Å². The van der Waals surface area contributed by atoms with E-state index in [4.69, 9.17) is 24.2 Å². The molecule has 4 heterocycles. The van der Waals surface area contributed by atoms with Gasteiger partial charge in [-0.3, -0.25) is 19.3 Å². The lowest BCUT2D eigenvalue weighted by atomic mass is 9.88. The molecular weight excluding hydrogens is 570 g/mol. The fraction of sp³-hybridized carbons (Fsp3) is 0.441. The van der Waals surface area contributed by atoms with E-state index in [2.05, 4.69) is 22.1 Å². The number of aromatic amines is 1. The number of benzene rings is 1. The number of pyridine rings is 1. The van der Waals surface area contributed by atoms with Crippen LogP contribution in [0.3, 0.4) is 0 Å².